The number of amides is 1. The van der Waals surface area contributed by atoms with Crippen LogP contribution in [0.15, 0.2) is 109 Å². The number of hydrogen-bond acceptors (Lipinski definition) is 2. The number of anilines is 1. The van der Waals surface area contributed by atoms with E-state index in [1.165, 1.54) is 0 Å². The van der Waals surface area contributed by atoms with Crippen LogP contribution >= 0.6 is 11.6 Å². The van der Waals surface area contributed by atoms with E-state index in [1.807, 2.05) is 54.6 Å². The third-order valence-corrected chi connectivity index (χ3v) is 6.15. The van der Waals surface area contributed by atoms with Gasteiger partial charge in [-0.05, 0) is 47.0 Å². The van der Waals surface area contributed by atoms with E-state index in [0.29, 0.717) is 21.8 Å². The number of nitrogens with one attached hydrogen (secondary N) is 1. The van der Waals surface area contributed by atoms with Gasteiger partial charge in [-0.15, -0.1) is 0 Å². The molecule has 0 aliphatic heterocycles. The molecule has 162 valence electrons. The molecule has 4 heteroatoms. The van der Waals surface area contributed by atoms with E-state index in [1.54, 1.807) is 30.3 Å². The van der Waals surface area contributed by atoms with E-state index in [-0.39, 0.29) is 5.91 Å². The molecule has 0 bridgehead atoms. The first-order chi connectivity index (χ1) is 16.6. The Hall–Kier alpha value is -4.39. The van der Waals surface area contributed by atoms with Crippen LogP contribution in [0.4, 0.5) is 5.69 Å². The van der Waals surface area contributed by atoms with E-state index >= 15 is 0 Å². The maximum absolute atomic E-state index is 13.1. The number of rotatable bonds is 4. The number of hydrogen-bond donors (Lipinski definition) is 1. The average molecular weight is 459 g/mol. The minimum atomic E-state index is -0.242. The van der Waals surface area contributed by atoms with Gasteiger partial charge in [0.25, 0.3) is 5.91 Å². The van der Waals surface area contributed by atoms with Gasteiger partial charge >= 0.3 is 0 Å². The molecule has 0 unspecified atom stereocenters. The smallest absolute Gasteiger partial charge is 0.255 e. The Morgan fingerprint density at radius 3 is 2.09 bits per heavy atom. The third-order valence-electron chi connectivity index (χ3n) is 5.82. The molecule has 0 heterocycles. The lowest BCUT2D eigenvalue weighted by Gasteiger charge is -2.12. The lowest BCUT2D eigenvalue weighted by atomic mass is 9.99. The standard InChI is InChI=1S/C30H19ClN2O/c31-28-16-14-23(18-27(28)22-12-10-21(11-13-22)20-6-2-1-3-7-20)30(34)33-29-17-15-24(19-32)25-8-4-5-9-26(25)29/h1-18H,(H,33,34). The summed E-state index contributed by atoms with van der Waals surface area (Å²) in [5, 5.41) is 14.6. The number of halogens is 1. The summed E-state index contributed by atoms with van der Waals surface area (Å²) in [5.41, 5.74) is 5.70. The lowest BCUT2D eigenvalue weighted by Crippen LogP contribution is -2.12. The van der Waals surface area contributed by atoms with Crippen LogP contribution < -0.4 is 5.32 Å². The van der Waals surface area contributed by atoms with Crippen molar-refractivity contribution in [1.82, 2.24) is 0 Å². The Bertz CT molecular complexity index is 1550. The first-order valence-electron chi connectivity index (χ1n) is 10.8. The van der Waals surface area contributed by atoms with Gasteiger partial charge in [0, 0.05) is 32.6 Å². The highest BCUT2D eigenvalue weighted by Crippen LogP contribution is 2.32. The number of carbonyl (C=O) groups excluding carboxylic acids is 1. The Labute approximate surface area is 202 Å². The fourth-order valence-electron chi connectivity index (χ4n) is 4.06. The summed E-state index contributed by atoms with van der Waals surface area (Å²) in [5.74, 6) is -0.242. The molecule has 3 nitrogen and oxygen atoms in total. The first kappa shape index (κ1) is 21.5. The molecule has 5 aromatic rings. The van der Waals surface area contributed by atoms with Crippen LogP contribution in [0.1, 0.15) is 15.9 Å². The normalized spacial score (nSPS) is 10.6. The second-order valence-corrected chi connectivity index (χ2v) is 8.32. The van der Waals surface area contributed by atoms with Crippen LogP contribution in [0.3, 0.4) is 0 Å². The summed E-state index contributed by atoms with van der Waals surface area (Å²) in [4.78, 5) is 13.1. The van der Waals surface area contributed by atoms with E-state index in [4.69, 9.17) is 11.6 Å². The molecule has 0 aliphatic rings. The highest BCUT2D eigenvalue weighted by molar-refractivity contribution is 6.33. The summed E-state index contributed by atoms with van der Waals surface area (Å²) in [6.45, 7) is 0. The topological polar surface area (TPSA) is 52.9 Å². The van der Waals surface area contributed by atoms with E-state index in [9.17, 15) is 10.1 Å². The zero-order chi connectivity index (χ0) is 23.5. The van der Waals surface area contributed by atoms with Crippen LogP contribution in [0.25, 0.3) is 33.0 Å². The SMILES string of the molecule is N#Cc1ccc(NC(=O)c2ccc(Cl)c(-c3ccc(-c4ccccc4)cc3)c2)c2ccccc12. The Kier molecular flexibility index (Phi) is 5.82. The van der Waals surface area contributed by atoms with E-state index < -0.39 is 0 Å². The average Bonchev–Trinajstić information content (AvgIpc) is 2.90. The van der Waals surface area contributed by atoms with Crippen molar-refractivity contribution >= 4 is 34.0 Å². The number of fused-ring (bicyclic) bond motifs is 1. The van der Waals surface area contributed by atoms with Crippen LogP contribution in [0.5, 0.6) is 0 Å². The molecule has 5 aromatic carbocycles. The monoisotopic (exact) mass is 458 g/mol. The van der Waals surface area contributed by atoms with E-state index in [2.05, 4.69) is 35.7 Å². The molecule has 0 radical (unpaired) electrons. The summed E-state index contributed by atoms with van der Waals surface area (Å²) < 4.78 is 0. The van der Waals surface area contributed by atoms with Crippen molar-refractivity contribution in [1.29, 1.82) is 5.26 Å². The molecule has 0 spiro atoms. The minimum absolute atomic E-state index is 0.242. The van der Waals surface area contributed by atoms with Crippen LogP contribution in [0, 0.1) is 11.3 Å². The van der Waals surface area contributed by atoms with Gasteiger partial charge in [0.15, 0.2) is 0 Å². The van der Waals surface area contributed by atoms with Gasteiger partial charge in [0.05, 0.1) is 11.6 Å². The minimum Gasteiger partial charge on any atom is -0.321 e. The molecule has 0 fully saturated rings. The largest absolute Gasteiger partial charge is 0.321 e. The molecular formula is C30H19ClN2O. The predicted molar refractivity (Wildman–Crippen MR) is 139 cm³/mol. The number of benzene rings is 5. The zero-order valence-corrected chi connectivity index (χ0v) is 18.9. The maximum atomic E-state index is 13.1. The molecule has 0 saturated carbocycles. The molecular weight excluding hydrogens is 440 g/mol. The molecule has 34 heavy (non-hydrogen) atoms. The Morgan fingerprint density at radius 2 is 1.35 bits per heavy atom. The fourth-order valence-corrected chi connectivity index (χ4v) is 4.29. The summed E-state index contributed by atoms with van der Waals surface area (Å²) in [6.07, 6.45) is 0. The second kappa shape index (κ2) is 9.23. The number of carbonyl (C=O) groups is 1. The first-order valence-corrected chi connectivity index (χ1v) is 11.2. The summed E-state index contributed by atoms with van der Waals surface area (Å²) in [7, 11) is 0. The van der Waals surface area contributed by atoms with Gasteiger partial charge in [-0.1, -0.05) is 90.5 Å². The van der Waals surface area contributed by atoms with Crippen molar-refractivity contribution < 1.29 is 4.79 Å². The quantitative estimate of drug-likeness (QED) is 0.297. The van der Waals surface area contributed by atoms with Gasteiger partial charge < -0.3 is 5.32 Å². The molecule has 0 aliphatic carbocycles. The van der Waals surface area contributed by atoms with Crippen LogP contribution in [0.2, 0.25) is 5.02 Å². The van der Waals surface area contributed by atoms with Gasteiger partial charge in [0.1, 0.15) is 0 Å². The fraction of sp³-hybridized carbons (Fsp3) is 0. The van der Waals surface area contributed by atoms with Crippen molar-refractivity contribution in [2.45, 2.75) is 0 Å². The maximum Gasteiger partial charge on any atom is 0.255 e. The van der Waals surface area contributed by atoms with E-state index in [0.717, 1.165) is 33.0 Å². The highest BCUT2D eigenvalue weighted by Gasteiger charge is 2.13. The zero-order valence-electron chi connectivity index (χ0n) is 18.1. The molecule has 0 saturated heterocycles. The number of nitriles is 1. The lowest BCUT2D eigenvalue weighted by molar-refractivity contribution is 0.102. The highest BCUT2D eigenvalue weighted by atomic mass is 35.5. The Balaban J connectivity index is 1.45. The second-order valence-electron chi connectivity index (χ2n) is 7.91. The third kappa shape index (κ3) is 4.15. The number of nitrogens with zero attached hydrogens (tertiary/aromatic N) is 1. The van der Waals surface area contributed by atoms with Crippen molar-refractivity contribution in [2.75, 3.05) is 5.32 Å². The van der Waals surface area contributed by atoms with Crippen molar-refractivity contribution in [3.05, 3.63) is 125 Å². The molecule has 0 atom stereocenters. The predicted octanol–water partition coefficient (Wildman–Crippen LogP) is 7.95. The molecule has 0 aromatic heterocycles. The van der Waals surface area contributed by atoms with Gasteiger partial charge in [-0.2, -0.15) is 5.26 Å². The van der Waals surface area contributed by atoms with Crippen molar-refractivity contribution in [3.8, 4) is 28.3 Å². The van der Waals surface area contributed by atoms with Gasteiger partial charge in [0.2, 0.25) is 0 Å². The van der Waals surface area contributed by atoms with Gasteiger partial charge in [-0.3, -0.25) is 4.79 Å². The molecule has 1 N–H and O–H groups in total. The van der Waals surface area contributed by atoms with Gasteiger partial charge in [-0.25, -0.2) is 0 Å². The molecule has 1 amide bonds. The van der Waals surface area contributed by atoms with Crippen LogP contribution in [-0.2, 0) is 0 Å². The Morgan fingerprint density at radius 1 is 0.706 bits per heavy atom. The molecule has 5 rings (SSSR count). The van der Waals surface area contributed by atoms with Crippen molar-refractivity contribution in [2.24, 2.45) is 0 Å². The van der Waals surface area contributed by atoms with Crippen LogP contribution in [-0.4, -0.2) is 5.91 Å². The van der Waals surface area contributed by atoms with Crippen molar-refractivity contribution in [3.63, 3.8) is 0 Å². The summed E-state index contributed by atoms with van der Waals surface area (Å²) >= 11 is 6.50. The summed E-state index contributed by atoms with van der Waals surface area (Å²) in [6, 6.07) is 36.8.